The lowest BCUT2D eigenvalue weighted by molar-refractivity contribution is 0.480. The minimum absolute atomic E-state index is 0.0658. The van der Waals surface area contributed by atoms with E-state index in [1.807, 2.05) is 54.6 Å². The van der Waals surface area contributed by atoms with Crippen LogP contribution in [0.3, 0.4) is 0 Å². The lowest BCUT2D eigenvalue weighted by Gasteiger charge is -2.09. The normalized spacial score (nSPS) is 11.5. The number of fused-ring (bicyclic) bond motifs is 2. The van der Waals surface area contributed by atoms with E-state index in [9.17, 15) is 25.3 Å². The van der Waals surface area contributed by atoms with Gasteiger partial charge in [-0.25, -0.2) is 30.2 Å². The molecule has 17 nitrogen and oxygen atoms in total. The maximum Gasteiger partial charge on any atom is 0.246 e. The summed E-state index contributed by atoms with van der Waals surface area (Å²) < 4.78 is 86.8. The number of alkyl halides is 2. The summed E-state index contributed by atoms with van der Waals surface area (Å²) in [5, 5.41) is 1.07. The van der Waals surface area contributed by atoms with Crippen molar-refractivity contribution in [1.82, 2.24) is 24.9 Å². The number of hydrogen-bond donors (Lipinski definition) is 4. The fourth-order valence-electron chi connectivity index (χ4n) is 6.27. The lowest BCUT2D eigenvalue weighted by Crippen LogP contribution is -2.16. The lowest BCUT2D eigenvalue weighted by atomic mass is 10.2. The molecule has 0 aliphatic carbocycles. The molecule has 5 aromatic carbocycles. The molecule has 4 aromatic heterocycles. The van der Waals surface area contributed by atoms with Gasteiger partial charge in [0.05, 0.1) is 46.1 Å². The second kappa shape index (κ2) is 30.2. The first-order chi connectivity index (χ1) is 37.7. The van der Waals surface area contributed by atoms with Crippen LogP contribution in [0.2, 0.25) is 10.0 Å². The van der Waals surface area contributed by atoms with Gasteiger partial charge in [-0.15, -0.1) is 23.2 Å². The van der Waals surface area contributed by atoms with Gasteiger partial charge in [0.1, 0.15) is 50.0 Å². The summed E-state index contributed by atoms with van der Waals surface area (Å²) in [7, 11) is -5.63. The van der Waals surface area contributed by atoms with Crippen molar-refractivity contribution in [1.29, 1.82) is 0 Å². The van der Waals surface area contributed by atoms with E-state index in [0.717, 1.165) is 44.5 Å². The van der Waals surface area contributed by atoms with E-state index in [1.165, 1.54) is 11.8 Å². The molecular formula is C52H45Cl5N8O9S5. The van der Waals surface area contributed by atoms with Gasteiger partial charge in [0.2, 0.25) is 19.1 Å². The smallest absolute Gasteiger partial charge is 0.246 e. The van der Waals surface area contributed by atoms with E-state index < -0.39 is 34.1 Å². The van der Waals surface area contributed by atoms with Gasteiger partial charge in [-0.05, 0) is 151 Å². The number of benzene rings is 5. The molecule has 5 N–H and O–H groups in total. The Balaban J connectivity index is 0.000000174. The summed E-state index contributed by atoms with van der Waals surface area (Å²) in [4.78, 5) is 22.3. The number of H-pyrrole nitrogens is 2. The molecule has 0 fully saturated rings. The van der Waals surface area contributed by atoms with Gasteiger partial charge >= 0.3 is 0 Å². The van der Waals surface area contributed by atoms with Crippen molar-refractivity contribution >= 4 is 143 Å². The zero-order chi connectivity index (χ0) is 56.8. The van der Waals surface area contributed by atoms with E-state index in [-0.39, 0.29) is 16.0 Å². The molecule has 0 saturated carbocycles. The van der Waals surface area contributed by atoms with E-state index in [0.29, 0.717) is 55.5 Å². The minimum Gasteiger partial charge on any atom is -0.456 e. The Bertz CT molecular complexity index is 3820. The van der Waals surface area contributed by atoms with Gasteiger partial charge in [-0.1, -0.05) is 53.2 Å². The van der Waals surface area contributed by atoms with Crippen molar-refractivity contribution in [2.24, 2.45) is 4.99 Å². The number of anilines is 2. The summed E-state index contributed by atoms with van der Waals surface area (Å²) in [6.07, 6.45) is 10.5. The van der Waals surface area contributed by atoms with Crippen LogP contribution in [0.1, 0.15) is 11.1 Å². The standard InChI is InChI=1S/C20H16ClN3O3S2.C13H12ClNO3S.C11H10N2O.C7H5ClN2S.CH2Cl2O2S/c21-15-4-3-14-10-20(23-19(14)11-15)28-13-29(25,26)24-16-5-7-17(8-6-16)27-18-2-1-9-22-12-18;14-10-19(16,17)9-11-3-5-12(6-4-11)18-13-2-1-7-15-8-13;12-9-3-5-10(6-4-9)14-11-2-1-7-13-8-11;8-4-1-2-5-6(3-4)10-7(11)9-5;2-1-6(3,4)5/h1-9,11-12,24H,10,13H2;1-8H,9-10H2;1-8H,12H2;1-3H,(H2,9,10,11);1H2. The Morgan fingerprint density at radius 2 is 1.09 bits per heavy atom. The number of halogens is 5. The van der Waals surface area contributed by atoms with Crippen LogP contribution in [0.5, 0.6) is 34.5 Å². The average Bonchev–Trinajstić information content (AvgIpc) is 4.03. The second-order valence-corrected chi connectivity index (χ2v) is 26.4. The summed E-state index contributed by atoms with van der Waals surface area (Å²) in [5.41, 5.74) is 11.2. The van der Waals surface area contributed by atoms with Crippen LogP contribution in [0.25, 0.3) is 11.0 Å². The molecule has 1 aliphatic rings. The fourth-order valence-corrected chi connectivity index (χ4v) is 10.2. The number of imidazole rings is 1. The highest BCUT2D eigenvalue weighted by Gasteiger charge is 2.19. The first-order valence-electron chi connectivity index (χ1n) is 22.6. The zero-order valence-electron chi connectivity index (χ0n) is 40.8. The van der Waals surface area contributed by atoms with Crippen LogP contribution >= 0.6 is 81.1 Å². The first-order valence-corrected chi connectivity index (χ1v) is 31.8. The Hall–Kier alpha value is -6.44. The number of rotatable bonds is 14. The Morgan fingerprint density at radius 3 is 1.58 bits per heavy atom. The predicted octanol–water partition coefficient (Wildman–Crippen LogP) is 14.3. The van der Waals surface area contributed by atoms with Crippen molar-refractivity contribution in [3.8, 4) is 34.5 Å². The number of nitrogen functional groups attached to an aromatic ring is 1. The van der Waals surface area contributed by atoms with Gasteiger partial charge in [0.25, 0.3) is 0 Å². The molecule has 0 unspecified atom stereocenters. The molecule has 10 rings (SSSR count). The number of aromatic nitrogens is 5. The van der Waals surface area contributed by atoms with Crippen LogP contribution in [0, 0.1) is 4.77 Å². The van der Waals surface area contributed by atoms with Crippen LogP contribution in [0.15, 0.2) is 188 Å². The van der Waals surface area contributed by atoms with E-state index in [1.54, 1.807) is 128 Å². The Morgan fingerprint density at radius 1 is 0.608 bits per heavy atom. The van der Waals surface area contributed by atoms with Gasteiger partial charge < -0.3 is 29.9 Å². The van der Waals surface area contributed by atoms with Gasteiger partial charge in [0.15, 0.2) is 14.6 Å². The summed E-state index contributed by atoms with van der Waals surface area (Å²) in [6, 6.07) is 42.6. The molecular weight excluding hydrogens is 1220 g/mol. The molecule has 0 atom stereocenters. The average molecular weight is 1260 g/mol. The number of sulfone groups is 1. The number of hydrogen-bond acceptors (Lipinski definition) is 16. The van der Waals surface area contributed by atoms with Crippen molar-refractivity contribution < 1.29 is 39.5 Å². The third-order valence-corrected chi connectivity index (χ3v) is 17.1. The molecule has 27 heteroatoms. The molecule has 0 amide bonds. The topological polar surface area (TPSA) is 251 Å². The van der Waals surface area contributed by atoms with Crippen molar-refractivity contribution in [2.75, 3.05) is 26.0 Å². The number of aromatic amines is 2. The number of sulfonamides is 1. The van der Waals surface area contributed by atoms with Crippen molar-refractivity contribution in [3.05, 3.63) is 209 Å². The molecule has 0 radical (unpaired) electrons. The number of aliphatic imine (C=N–C) groups is 1. The maximum atomic E-state index is 12.4. The van der Waals surface area contributed by atoms with Crippen LogP contribution in [-0.4, -0.2) is 70.7 Å². The highest BCUT2D eigenvalue weighted by molar-refractivity contribution is 8.22. The largest absolute Gasteiger partial charge is 0.456 e. The maximum absolute atomic E-state index is 12.4. The predicted molar refractivity (Wildman–Crippen MR) is 321 cm³/mol. The molecule has 5 heterocycles. The van der Waals surface area contributed by atoms with E-state index in [2.05, 4.69) is 45.3 Å². The minimum atomic E-state index is -3.53. The van der Waals surface area contributed by atoms with Gasteiger partial charge in [0, 0.05) is 57.1 Å². The number of ether oxygens (including phenoxy) is 3. The summed E-state index contributed by atoms with van der Waals surface area (Å²) >= 11 is 28.0. The number of nitrogens with one attached hydrogen (secondary N) is 3. The van der Waals surface area contributed by atoms with Gasteiger partial charge in [-0.3, -0.25) is 19.7 Å². The number of nitrogens with two attached hydrogens (primary N) is 1. The summed E-state index contributed by atoms with van der Waals surface area (Å²) in [6.45, 7) is 0. The zero-order valence-corrected chi connectivity index (χ0v) is 48.7. The Kier molecular flexibility index (Phi) is 23.6. The quantitative estimate of drug-likeness (QED) is 0.0342. The molecule has 79 heavy (non-hydrogen) atoms. The first kappa shape index (κ1) is 61.8. The highest BCUT2D eigenvalue weighted by atomic mass is 35.7. The number of pyridine rings is 3. The molecule has 0 bridgehead atoms. The fraction of sp³-hybridized carbons (Fsp3) is 0.0962. The van der Waals surface area contributed by atoms with Gasteiger partial charge in [-0.2, -0.15) is 0 Å². The molecule has 9 aromatic rings. The van der Waals surface area contributed by atoms with Crippen LogP contribution < -0.4 is 24.7 Å². The van der Waals surface area contributed by atoms with E-state index >= 15 is 0 Å². The van der Waals surface area contributed by atoms with E-state index in [4.69, 9.17) is 78.6 Å². The Labute approximate surface area is 489 Å². The summed E-state index contributed by atoms with van der Waals surface area (Å²) in [5.74, 6) is 3.86. The molecule has 0 saturated heterocycles. The third-order valence-electron chi connectivity index (χ3n) is 9.72. The van der Waals surface area contributed by atoms with Crippen LogP contribution in [0.4, 0.5) is 17.1 Å². The number of nitrogens with zero attached hydrogens (tertiary/aromatic N) is 4. The van der Waals surface area contributed by atoms with Crippen molar-refractivity contribution in [2.45, 2.75) is 12.2 Å². The third kappa shape index (κ3) is 22.7. The molecule has 1 aliphatic heterocycles. The van der Waals surface area contributed by atoms with Crippen molar-refractivity contribution in [3.63, 3.8) is 0 Å². The monoisotopic (exact) mass is 1260 g/mol. The van der Waals surface area contributed by atoms with Crippen LogP contribution in [-0.2, 0) is 41.1 Å². The second-order valence-electron chi connectivity index (χ2n) is 16.0. The SMILES string of the molecule is Nc1ccc(Oc2cccnc2)cc1.O=S(=O)(CCl)Cc1ccc(Oc2cccnc2)cc1.O=S(=O)(CSC1=Nc2cc(Cl)ccc2C1)Nc1ccc(Oc2cccnc2)cc1.O=S(=O)(Cl)CCl.S=c1[nH]c2ccc(Cl)cc2[nH]1. The molecule has 0 spiro atoms. The number of thioether (sulfide) groups is 1. The molecule has 412 valence electrons. The highest BCUT2D eigenvalue weighted by Crippen LogP contribution is 2.33.